The van der Waals surface area contributed by atoms with Crippen LogP contribution in [0.15, 0.2) is 54.6 Å². The van der Waals surface area contributed by atoms with E-state index in [9.17, 15) is 4.79 Å². The fourth-order valence-electron chi connectivity index (χ4n) is 2.26. The second kappa shape index (κ2) is 5.58. The van der Waals surface area contributed by atoms with Crippen LogP contribution in [0.2, 0.25) is 5.28 Å². The standard InChI is InChI=1S/C16H14ClN3O/c1-19(15(21)12-7-3-2-4-8-12)11-20-14-10-6-5-9-13(14)18-16(20)17/h2-10H,11H2,1H3. The smallest absolute Gasteiger partial charge is 0.255 e. The summed E-state index contributed by atoms with van der Waals surface area (Å²) >= 11 is 6.18. The Kier molecular flexibility index (Phi) is 3.62. The van der Waals surface area contributed by atoms with Crippen molar-refractivity contribution in [2.45, 2.75) is 6.67 Å². The van der Waals surface area contributed by atoms with Crippen molar-refractivity contribution in [3.8, 4) is 0 Å². The van der Waals surface area contributed by atoms with Gasteiger partial charge in [-0.3, -0.25) is 9.36 Å². The molecule has 0 N–H and O–H groups in total. The Morgan fingerprint density at radius 2 is 1.81 bits per heavy atom. The molecule has 0 aliphatic rings. The molecule has 3 aromatic rings. The summed E-state index contributed by atoms with van der Waals surface area (Å²) in [6.07, 6.45) is 0. The second-order valence-corrected chi connectivity index (χ2v) is 5.15. The average molecular weight is 300 g/mol. The van der Waals surface area contributed by atoms with E-state index in [0.717, 1.165) is 11.0 Å². The number of carbonyl (C=O) groups is 1. The zero-order valence-electron chi connectivity index (χ0n) is 11.5. The molecule has 3 rings (SSSR count). The molecule has 1 amide bonds. The van der Waals surface area contributed by atoms with Crippen LogP contribution in [0.25, 0.3) is 11.0 Å². The van der Waals surface area contributed by atoms with Gasteiger partial charge in [-0.2, -0.15) is 0 Å². The van der Waals surface area contributed by atoms with E-state index in [2.05, 4.69) is 4.98 Å². The van der Waals surface area contributed by atoms with Crippen LogP contribution in [0.1, 0.15) is 10.4 Å². The third-order valence-corrected chi connectivity index (χ3v) is 3.62. The van der Waals surface area contributed by atoms with Crippen LogP contribution in [-0.4, -0.2) is 27.4 Å². The summed E-state index contributed by atoms with van der Waals surface area (Å²) in [5.41, 5.74) is 2.39. The van der Waals surface area contributed by atoms with Crippen molar-refractivity contribution in [3.63, 3.8) is 0 Å². The molecule has 0 bridgehead atoms. The quantitative estimate of drug-likeness (QED) is 0.743. The Balaban J connectivity index is 1.88. The minimum atomic E-state index is -0.0514. The fourth-order valence-corrected chi connectivity index (χ4v) is 2.49. The highest BCUT2D eigenvalue weighted by Gasteiger charge is 2.15. The SMILES string of the molecule is CN(Cn1c(Cl)nc2ccccc21)C(=O)c1ccccc1. The van der Waals surface area contributed by atoms with Gasteiger partial charge in [0.15, 0.2) is 0 Å². The number of halogens is 1. The van der Waals surface area contributed by atoms with E-state index >= 15 is 0 Å². The highest BCUT2D eigenvalue weighted by atomic mass is 35.5. The molecule has 0 unspecified atom stereocenters. The zero-order chi connectivity index (χ0) is 14.8. The van der Waals surface area contributed by atoms with Crippen LogP contribution in [0, 0.1) is 0 Å². The molecule has 1 aromatic heterocycles. The molecule has 106 valence electrons. The predicted molar refractivity (Wildman–Crippen MR) is 83.3 cm³/mol. The first-order valence-electron chi connectivity index (χ1n) is 6.58. The summed E-state index contributed by atoms with van der Waals surface area (Å²) in [4.78, 5) is 18.3. The lowest BCUT2D eigenvalue weighted by Crippen LogP contribution is -2.29. The highest BCUT2D eigenvalue weighted by molar-refractivity contribution is 6.29. The van der Waals surface area contributed by atoms with Crippen molar-refractivity contribution in [1.82, 2.24) is 14.5 Å². The number of nitrogens with zero attached hydrogens (tertiary/aromatic N) is 3. The summed E-state index contributed by atoms with van der Waals surface area (Å²) in [5, 5.41) is 0.379. The van der Waals surface area contributed by atoms with E-state index in [4.69, 9.17) is 11.6 Å². The number of carbonyl (C=O) groups excluding carboxylic acids is 1. The van der Waals surface area contributed by atoms with Crippen molar-refractivity contribution in [1.29, 1.82) is 0 Å². The van der Waals surface area contributed by atoms with E-state index in [1.165, 1.54) is 0 Å². The topological polar surface area (TPSA) is 38.1 Å². The number of fused-ring (bicyclic) bond motifs is 1. The van der Waals surface area contributed by atoms with Crippen LogP contribution >= 0.6 is 11.6 Å². The van der Waals surface area contributed by atoms with Crippen LogP contribution < -0.4 is 0 Å². The van der Waals surface area contributed by atoms with Gasteiger partial charge in [0.1, 0.15) is 6.67 Å². The van der Waals surface area contributed by atoms with Crippen molar-refractivity contribution in [3.05, 3.63) is 65.4 Å². The monoisotopic (exact) mass is 299 g/mol. The maximum Gasteiger partial charge on any atom is 0.255 e. The largest absolute Gasteiger partial charge is 0.324 e. The normalized spacial score (nSPS) is 10.8. The number of hydrogen-bond donors (Lipinski definition) is 0. The maximum atomic E-state index is 12.4. The average Bonchev–Trinajstić information content (AvgIpc) is 2.83. The third kappa shape index (κ3) is 2.62. The molecule has 2 aromatic carbocycles. The summed E-state index contributed by atoms with van der Waals surface area (Å²) in [6.45, 7) is 0.354. The van der Waals surface area contributed by atoms with Crippen LogP contribution in [0.4, 0.5) is 0 Å². The first kappa shape index (κ1) is 13.6. The number of amides is 1. The first-order valence-corrected chi connectivity index (χ1v) is 6.96. The number of aromatic nitrogens is 2. The van der Waals surface area contributed by atoms with Gasteiger partial charge in [-0.1, -0.05) is 30.3 Å². The lowest BCUT2D eigenvalue weighted by atomic mass is 10.2. The van der Waals surface area contributed by atoms with E-state index in [-0.39, 0.29) is 5.91 Å². The molecule has 0 saturated carbocycles. The molecule has 0 radical (unpaired) electrons. The fraction of sp³-hybridized carbons (Fsp3) is 0.125. The molecule has 0 atom stereocenters. The van der Waals surface area contributed by atoms with Crippen LogP contribution in [0.5, 0.6) is 0 Å². The van der Waals surface area contributed by atoms with Gasteiger partial charge >= 0.3 is 0 Å². The summed E-state index contributed by atoms with van der Waals surface area (Å²) in [6, 6.07) is 16.9. The molecule has 0 aliphatic heterocycles. The van der Waals surface area contributed by atoms with Crippen molar-refractivity contribution in [2.75, 3.05) is 7.05 Å². The minimum Gasteiger partial charge on any atom is -0.324 e. The van der Waals surface area contributed by atoms with Gasteiger partial charge in [0.25, 0.3) is 5.91 Å². The zero-order valence-corrected chi connectivity index (χ0v) is 12.3. The van der Waals surface area contributed by atoms with Gasteiger partial charge in [-0.05, 0) is 35.9 Å². The predicted octanol–water partition coefficient (Wildman–Crippen LogP) is 3.42. The van der Waals surface area contributed by atoms with E-state index in [1.807, 2.05) is 47.0 Å². The Morgan fingerprint density at radius 3 is 2.57 bits per heavy atom. The van der Waals surface area contributed by atoms with E-state index < -0.39 is 0 Å². The number of benzene rings is 2. The Morgan fingerprint density at radius 1 is 1.14 bits per heavy atom. The summed E-state index contributed by atoms with van der Waals surface area (Å²) in [7, 11) is 1.75. The third-order valence-electron chi connectivity index (χ3n) is 3.33. The van der Waals surface area contributed by atoms with Crippen LogP contribution in [0.3, 0.4) is 0 Å². The first-order chi connectivity index (χ1) is 10.2. The minimum absolute atomic E-state index is 0.0514. The van der Waals surface area contributed by atoms with Crippen molar-refractivity contribution >= 4 is 28.5 Å². The van der Waals surface area contributed by atoms with Gasteiger partial charge in [0, 0.05) is 12.6 Å². The molecule has 4 nitrogen and oxygen atoms in total. The molecule has 21 heavy (non-hydrogen) atoms. The number of hydrogen-bond acceptors (Lipinski definition) is 2. The molecule has 0 saturated heterocycles. The van der Waals surface area contributed by atoms with E-state index in [1.54, 1.807) is 24.1 Å². The van der Waals surface area contributed by atoms with Gasteiger partial charge < -0.3 is 4.90 Å². The van der Waals surface area contributed by atoms with Crippen molar-refractivity contribution < 1.29 is 4.79 Å². The van der Waals surface area contributed by atoms with Gasteiger partial charge in [0.2, 0.25) is 5.28 Å². The molecule has 0 aliphatic carbocycles. The molecule has 1 heterocycles. The lowest BCUT2D eigenvalue weighted by Gasteiger charge is -2.19. The van der Waals surface area contributed by atoms with Gasteiger partial charge in [0.05, 0.1) is 11.0 Å². The Labute approximate surface area is 127 Å². The lowest BCUT2D eigenvalue weighted by molar-refractivity contribution is 0.0755. The Hall–Kier alpha value is -2.33. The molecular weight excluding hydrogens is 286 g/mol. The summed E-state index contributed by atoms with van der Waals surface area (Å²) < 4.78 is 1.82. The molecule has 5 heteroatoms. The Bertz CT molecular complexity index is 783. The summed E-state index contributed by atoms with van der Waals surface area (Å²) in [5.74, 6) is -0.0514. The number of imidazole rings is 1. The molecular formula is C16H14ClN3O. The van der Waals surface area contributed by atoms with Crippen molar-refractivity contribution in [2.24, 2.45) is 0 Å². The van der Waals surface area contributed by atoms with Gasteiger partial charge in [-0.25, -0.2) is 4.98 Å². The molecule has 0 fully saturated rings. The van der Waals surface area contributed by atoms with E-state index in [0.29, 0.717) is 17.5 Å². The second-order valence-electron chi connectivity index (χ2n) is 4.81. The maximum absolute atomic E-state index is 12.4. The molecule has 0 spiro atoms. The number of para-hydroxylation sites is 2. The number of rotatable bonds is 3. The van der Waals surface area contributed by atoms with Gasteiger partial charge in [-0.15, -0.1) is 0 Å². The highest BCUT2D eigenvalue weighted by Crippen LogP contribution is 2.20. The van der Waals surface area contributed by atoms with Crippen LogP contribution in [-0.2, 0) is 6.67 Å².